The minimum Gasteiger partial charge on any atom is -0.381 e. The number of rotatable bonds is 2. The lowest BCUT2D eigenvalue weighted by molar-refractivity contribution is 0.192. The Bertz CT molecular complexity index is 341. The maximum Gasteiger partial charge on any atom is 0.229 e. The third kappa shape index (κ3) is 1.97. The van der Waals surface area contributed by atoms with E-state index < -0.39 is 0 Å². The Morgan fingerprint density at radius 2 is 2.00 bits per heavy atom. The molecule has 0 amide bonds. The molecular formula is C11H17N3O2. The van der Waals surface area contributed by atoms with E-state index in [1.54, 1.807) is 0 Å². The van der Waals surface area contributed by atoms with Gasteiger partial charge in [-0.25, -0.2) is 0 Å². The summed E-state index contributed by atoms with van der Waals surface area (Å²) in [5.41, 5.74) is 0. The van der Waals surface area contributed by atoms with Crippen molar-refractivity contribution in [3.05, 3.63) is 11.7 Å². The van der Waals surface area contributed by atoms with Crippen LogP contribution < -0.4 is 5.32 Å². The zero-order chi connectivity index (χ0) is 10.8. The molecule has 3 rings (SSSR count). The summed E-state index contributed by atoms with van der Waals surface area (Å²) in [4.78, 5) is 4.53. The first-order valence-electron chi connectivity index (χ1n) is 6.05. The summed E-state index contributed by atoms with van der Waals surface area (Å²) in [5, 5.41) is 7.42. The first-order chi connectivity index (χ1) is 7.93. The minimum absolute atomic E-state index is 0.346. The molecule has 0 aliphatic carbocycles. The van der Waals surface area contributed by atoms with Gasteiger partial charge in [0.1, 0.15) is 0 Å². The highest BCUT2D eigenvalue weighted by molar-refractivity contribution is 5.01. The number of ether oxygens (including phenoxy) is 1. The summed E-state index contributed by atoms with van der Waals surface area (Å²) in [6.07, 6.45) is 3.22. The van der Waals surface area contributed by atoms with Crippen LogP contribution in [-0.2, 0) is 4.74 Å². The molecule has 1 aromatic rings. The molecule has 5 heteroatoms. The van der Waals surface area contributed by atoms with Crippen LogP contribution in [0.4, 0.5) is 0 Å². The topological polar surface area (TPSA) is 60.2 Å². The number of hydrogen-bond acceptors (Lipinski definition) is 5. The van der Waals surface area contributed by atoms with Crippen molar-refractivity contribution in [1.29, 1.82) is 0 Å². The zero-order valence-corrected chi connectivity index (χ0v) is 9.32. The molecule has 1 atom stereocenters. The smallest absolute Gasteiger partial charge is 0.229 e. The van der Waals surface area contributed by atoms with Crippen molar-refractivity contribution in [2.45, 2.75) is 31.1 Å². The molecule has 1 N–H and O–H groups in total. The maximum absolute atomic E-state index is 5.37. The van der Waals surface area contributed by atoms with E-state index in [4.69, 9.17) is 9.26 Å². The molecule has 2 aliphatic heterocycles. The van der Waals surface area contributed by atoms with Crippen LogP contribution in [0, 0.1) is 0 Å². The van der Waals surface area contributed by atoms with Crippen molar-refractivity contribution in [2.24, 2.45) is 0 Å². The van der Waals surface area contributed by atoms with Crippen LogP contribution in [0.3, 0.4) is 0 Å². The van der Waals surface area contributed by atoms with Gasteiger partial charge >= 0.3 is 0 Å². The Morgan fingerprint density at radius 1 is 1.12 bits per heavy atom. The Labute approximate surface area is 94.6 Å². The number of nitrogens with one attached hydrogen (secondary N) is 1. The third-order valence-corrected chi connectivity index (χ3v) is 3.44. The van der Waals surface area contributed by atoms with E-state index in [0.29, 0.717) is 11.8 Å². The number of hydrogen-bond donors (Lipinski definition) is 1. The fourth-order valence-corrected chi connectivity index (χ4v) is 2.39. The van der Waals surface area contributed by atoms with Crippen LogP contribution in [0.25, 0.3) is 0 Å². The highest BCUT2D eigenvalue weighted by Gasteiger charge is 2.26. The van der Waals surface area contributed by atoms with Gasteiger partial charge in [-0.1, -0.05) is 5.16 Å². The average molecular weight is 223 g/mol. The van der Waals surface area contributed by atoms with E-state index in [1.807, 2.05) is 0 Å². The normalized spacial score (nSPS) is 27.4. The third-order valence-electron chi connectivity index (χ3n) is 3.44. The summed E-state index contributed by atoms with van der Waals surface area (Å²) in [6.45, 7) is 3.66. The molecule has 2 saturated heterocycles. The van der Waals surface area contributed by atoms with Gasteiger partial charge in [-0.3, -0.25) is 0 Å². The molecule has 88 valence electrons. The molecule has 0 spiro atoms. The molecule has 5 nitrogen and oxygen atoms in total. The summed E-state index contributed by atoms with van der Waals surface area (Å²) >= 11 is 0. The van der Waals surface area contributed by atoms with Crippen molar-refractivity contribution in [1.82, 2.24) is 15.5 Å². The van der Waals surface area contributed by atoms with Gasteiger partial charge in [-0.15, -0.1) is 0 Å². The zero-order valence-electron chi connectivity index (χ0n) is 9.32. The van der Waals surface area contributed by atoms with Gasteiger partial charge in [-0.05, 0) is 32.4 Å². The van der Waals surface area contributed by atoms with Gasteiger partial charge in [0.15, 0.2) is 5.82 Å². The summed E-state index contributed by atoms with van der Waals surface area (Å²) in [7, 11) is 0. The van der Waals surface area contributed by atoms with Gasteiger partial charge in [0, 0.05) is 18.4 Å². The molecule has 3 heterocycles. The Hall–Kier alpha value is -0.940. The van der Waals surface area contributed by atoms with Gasteiger partial charge < -0.3 is 14.6 Å². The molecule has 2 aliphatic rings. The largest absolute Gasteiger partial charge is 0.381 e. The maximum atomic E-state index is 5.37. The summed E-state index contributed by atoms with van der Waals surface area (Å²) in [5.74, 6) is 2.46. The predicted molar refractivity (Wildman–Crippen MR) is 57.3 cm³/mol. The van der Waals surface area contributed by atoms with Gasteiger partial charge in [-0.2, -0.15) is 4.98 Å². The van der Waals surface area contributed by atoms with Crippen LogP contribution in [0.5, 0.6) is 0 Å². The lowest BCUT2D eigenvalue weighted by Gasteiger charge is -2.18. The van der Waals surface area contributed by atoms with Gasteiger partial charge in [0.05, 0.1) is 6.61 Å². The second-order valence-electron chi connectivity index (χ2n) is 4.58. The van der Waals surface area contributed by atoms with Gasteiger partial charge in [0.25, 0.3) is 0 Å². The SMILES string of the molecule is C1CC(c2nc(C3CCOC3)no2)CCN1. The fourth-order valence-electron chi connectivity index (χ4n) is 2.39. The van der Waals surface area contributed by atoms with Crippen LogP contribution >= 0.6 is 0 Å². The van der Waals surface area contributed by atoms with E-state index in [0.717, 1.165) is 57.3 Å². The van der Waals surface area contributed by atoms with E-state index in [-0.39, 0.29) is 0 Å². The van der Waals surface area contributed by atoms with Crippen molar-refractivity contribution in [2.75, 3.05) is 26.3 Å². The molecule has 1 aromatic heterocycles. The van der Waals surface area contributed by atoms with E-state index in [9.17, 15) is 0 Å². The monoisotopic (exact) mass is 223 g/mol. The lowest BCUT2D eigenvalue weighted by Crippen LogP contribution is -2.26. The molecule has 0 saturated carbocycles. The fraction of sp³-hybridized carbons (Fsp3) is 0.818. The first kappa shape index (κ1) is 10.2. The summed E-state index contributed by atoms with van der Waals surface area (Å²) < 4.78 is 10.7. The van der Waals surface area contributed by atoms with E-state index >= 15 is 0 Å². The van der Waals surface area contributed by atoms with Crippen molar-refractivity contribution >= 4 is 0 Å². The summed E-state index contributed by atoms with van der Waals surface area (Å²) in [6, 6.07) is 0. The molecule has 0 radical (unpaired) electrons. The molecular weight excluding hydrogens is 206 g/mol. The minimum atomic E-state index is 0.346. The van der Waals surface area contributed by atoms with E-state index in [2.05, 4.69) is 15.5 Å². The Morgan fingerprint density at radius 3 is 2.75 bits per heavy atom. The van der Waals surface area contributed by atoms with Crippen LogP contribution in [-0.4, -0.2) is 36.4 Å². The predicted octanol–water partition coefficient (Wildman–Crippen LogP) is 1.04. The average Bonchev–Trinajstić information content (AvgIpc) is 3.01. The van der Waals surface area contributed by atoms with Crippen molar-refractivity contribution < 1.29 is 9.26 Å². The number of aromatic nitrogens is 2. The Kier molecular flexibility index (Phi) is 2.88. The van der Waals surface area contributed by atoms with Crippen LogP contribution in [0.1, 0.15) is 42.8 Å². The number of piperidine rings is 1. The second kappa shape index (κ2) is 4.51. The quantitative estimate of drug-likeness (QED) is 0.811. The van der Waals surface area contributed by atoms with Crippen LogP contribution in [0.2, 0.25) is 0 Å². The molecule has 0 bridgehead atoms. The van der Waals surface area contributed by atoms with Gasteiger partial charge in [0.2, 0.25) is 5.89 Å². The number of nitrogens with zero attached hydrogens (tertiary/aromatic N) is 2. The van der Waals surface area contributed by atoms with Crippen molar-refractivity contribution in [3.63, 3.8) is 0 Å². The van der Waals surface area contributed by atoms with E-state index in [1.165, 1.54) is 0 Å². The lowest BCUT2D eigenvalue weighted by atomic mass is 9.98. The standard InChI is InChI=1S/C11H17N3O2/c1-4-12-5-2-8(1)11-13-10(14-16-11)9-3-6-15-7-9/h8-9,12H,1-7H2. The highest BCUT2D eigenvalue weighted by atomic mass is 16.5. The molecule has 1 unspecified atom stereocenters. The second-order valence-corrected chi connectivity index (χ2v) is 4.58. The van der Waals surface area contributed by atoms with Crippen LogP contribution in [0.15, 0.2) is 4.52 Å². The first-order valence-corrected chi connectivity index (χ1v) is 6.05. The molecule has 2 fully saturated rings. The molecule has 0 aromatic carbocycles. The van der Waals surface area contributed by atoms with Crippen molar-refractivity contribution in [3.8, 4) is 0 Å². The molecule has 16 heavy (non-hydrogen) atoms. The highest BCUT2D eigenvalue weighted by Crippen LogP contribution is 2.27. The Balaban J connectivity index is 1.71.